The first-order valence-corrected chi connectivity index (χ1v) is 6.93. The van der Waals surface area contributed by atoms with E-state index in [-0.39, 0.29) is 6.03 Å². The first kappa shape index (κ1) is 11.3. The van der Waals surface area contributed by atoms with Crippen molar-refractivity contribution in [2.75, 3.05) is 26.2 Å². The molecule has 0 aromatic rings. The molecule has 0 spiro atoms. The van der Waals surface area contributed by atoms with E-state index < -0.39 is 0 Å². The summed E-state index contributed by atoms with van der Waals surface area (Å²) in [7, 11) is 0. The van der Waals surface area contributed by atoms with Crippen LogP contribution in [-0.2, 0) is 4.74 Å². The smallest absolute Gasteiger partial charge is 0.320 e. The van der Waals surface area contributed by atoms with E-state index in [1.165, 1.54) is 19.3 Å². The number of piperidine rings is 1. The number of hydrogen-bond donors (Lipinski definition) is 0. The van der Waals surface area contributed by atoms with E-state index in [1.54, 1.807) is 0 Å². The topological polar surface area (TPSA) is 32.8 Å². The van der Waals surface area contributed by atoms with Crippen molar-refractivity contribution < 1.29 is 9.53 Å². The lowest BCUT2D eigenvalue weighted by Gasteiger charge is -2.36. The summed E-state index contributed by atoms with van der Waals surface area (Å²) in [6.45, 7) is 5.77. The SMILES string of the molecule is C[C@H]1C[C@@H]2CCN(C(=O)N3CCCC3)C[C@H]2O1. The number of rotatable bonds is 0. The molecule has 96 valence electrons. The molecule has 3 aliphatic heterocycles. The summed E-state index contributed by atoms with van der Waals surface area (Å²) < 4.78 is 5.90. The van der Waals surface area contributed by atoms with Crippen molar-refractivity contribution in [2.24, 2.45) is 5.92 Å². The van der Waals surface area contributed by atoms with Gasteiger partial charge in [-0.05, 0) is 38.5 Å². The van der Waals surface area contributed by atoms with Crippen LogP contribution in [0.5, 0.6) is 0 Å². The number of amides is 2. The van der Waals surface area contributed by atoms with Crippen molar-refractivity contribution >= 4 is 6.03 Å². The van der Waals surface area contributed by atoms with Gasteiger partial charge < -0.3 is 14.5 Å². The average Bonchev–Trinajstić information content (AvgIpc) is 2.94. The second-order valence-corrected chi connectivity index (χ2v) is 5.69. The van der Waals surface area contributed by atoms with Gasteiger partial charge in [-0.2, -0.15) is 0 Å². The molecule has 3 heterocycles. The van der Waals surface area contributed by atoms with Crippen molar-refractivity contribution in [1.29, 1.82) is 0 Å². The number of carbonyl (C=O) groups is 1. The number of likely N-dealkylation sites (tertiary alicyclic amines) is 2. The van der Waals surface area contributed by atoms with Crippen LogP contribution in [0, 0.1) is 5.92 Å². The van der Waals surface area contributed by atoms with Crippen LogP contribution in [0.2, 0.25) is 0 Å². The number of nitrogens with zero attached hydrogens (tertiary/aromatic N) is 2. The lowest BCUT2D eigenvalue weighted by molar-refractivity contribution is 0.00579. The van der Waals surface area contributed by atoms with Crippen molar-refractivity contribution in [2.45, 2.75) is 44.8 Å². The summed E-state index contributed by atoms with van der Waals surface area (Å²) in [4.78, 5) is 16.3. The Labute approximate surface area is 103 Å². The molecule has 17 heavy (non-hydrogen) atoms. The Bertz CT molecular complexity index is 302. The Hall–Kier alpha value is -0.770. The van der Waals surface area contributed by atoms with Crippen molar-refractivity contribution in [3.05, 3.63) is 0 Å². The Morgan fingerprint density at radius 3 is 2.71 bits per heavy atom. The van der Waals surface area contributed by atoms with E-state index in [0.29, 0.717) is 18.1 Å². The fourth-order valence-corrected chi connectivity index (χ4v) is 3.45. The summed E-state index contributed by atoms with van der Waals surface area (Å²) in [5.41, 5.74) is 0. The van der Waals surface area contributed by atoms with E-state index in [9.17, 15) is 4.79 Å². The van der Waals surface area contributed by atoms with Gasteiger partial charge in [-0.25, -0.2) is 4.79 Å². The summed E-state index contributed by atoms with van der Waals surface area (Å²) in [5, 5.41) is 0. The third kappa shape index (κ3) is 2.15. The monoisotopic (exact) mass is 238 g/mol. The molecule has 0 unspecified atom stereocenters. The first-order valence-electron chi connectivity index (χ1n) is 6.93. The van der Waals surface area contributed by atoms with Crippen LogP contribution in [0.15, 0.2) is 0 Å². The minimum Gasteiger partial charge on any atom is -0.373 e. The number of urea groups is 1. The number of ether oxygens (including phenoxy) is 1. The zero-order chi connectivity index (χ0) is 11.8. The lowest BCUT2D eigenvalue weighted by atomic mass is 9.92. The summed E-state index contributed by atoms with van der Waals surface area (Å²) in [6, 6.07) is 0.240. The molecule has 3 rings (SSSR count). The fourth-order valence-electron chi connectivity index (χ4n) is 3.45. The molecule has 2 amide bonds. The normalized spacial score (nSPS) is 37.4. The largest absolute Gasteiger partial charge is 0.373 e. The first-order chi connectivity index (χ1) is 8.24. The maximum Gasteiger partial charge on any atom is 0.320 e. The van der Waals surface area contributed by atoms with E-state index in [4.69, 9.17) is 4.74 Å². The zero-order valence-electron chi connectivity index (χ0n) is 10.6. The van der Waals surface area contributed by atoms with Crippen LogP contribution in [0.1, 0.15) is 32.6 Å². The molecule has 0 aromatic carbocycles. The van der Waals surface area contributed by atoms with E-state index in [1.807, 2.05) is 9.80 Å². The summed E-state index contributed by atoms with van der Waals surface area (Å²) in [5.74, 6) is 0.688. The molecule has 0 saturated carbocycles. The molecule has 3 aliphatic rings. The van der Waals surface area contributed by atoms with E-state index in [2.05, 4.69) is 6.92 Å². The molecule has 3 saturated heterocycles. The van der Waals surface area contributed by atoms with Crippen LogP contribution >= 0.6 is 0 Å². The Morgan fingerprint density at radius 2 is 1.94 bits per heavy atom. The van der Waals surface area contributed by atoms with Crippen LogP contribution < -0.4 is 0 Å². The van der Waals surface area contributed by atoms with Gasteiger partial charge in [-0.1, -0.05) is 0 Å². The molecule has 3 fully saturated rings. The molecular weight excluding hydrogens is 216 g/mol. The zero-order valence-corrected chi connectivity index (χ0v) is 10.6. The van der Waals surface area contributed by atoms with Crippen molar-refractivity contribution in [3.63, 3.8) is 0 Å². The molecule has 0 N–H and O–H groups in total. The van der Waals surface area contributed by atoms with Gasteiger partial charge >= 0.3 is 6.03 Å². The highest BCUT2D eigenvalue weighted by Gasteiger charge is 2.39. The quantitative estimate of drug-likeness (QED) is 0.643. The Morgan fingerprint density at radius 1 is 1.18 bits per heavy atom. The average molecular weight is 238 g/mol. The highest BCUT2D eigenvalue weighted by molar-refractivity contribution is 5.74. The van der Waals surface area contributed by atoms with Crippen molar-refractivity contribution in [1.82, 2.24) is 9.80 Å². The minimum absolute atomic E-state index is 0.240. The van der Waals surface area contributed by atoms with Gasteiger partial charge in [0, 0.05) is 26.2 Å². The van der Waals surface area contributed by atoms with Crippen molar-refractivity contribution in [3.8, 4) is 0 Å². The maximum atomic E-state index is 12.3. The minimum atomic E-state index is 0.240. The maximum absolute atomic E-state index is 12.3. The van der Waals surface area contributed by atoms with Gasteiger partial charge in [0.15, 0.2) is 0 Å². The molecule has 0 bridgehead atoms. The number of carbonyl (C=O) groups excluding carboxylic acids is 1. The van der Waals surface area contributed by atoms with Gasteiger partial charge in [-0.3, -0.25) is 0 Å². The second kappa shape index (κ2) is 4.48. The molecule has 0 aromatic heterocycles. The third-order valence-electron chi connectivity index (χ3n) is 4.38. The predicted molar refractivity (Wildman–Crippen MR) is 64.8 cm³/mol. The molecule has 4 nitrogen and oxygen atoms in total. The molecule has 4 heteroatoms. The summed E-state index contributed by atoms with van der Waals surface area (Å²) in [6.07, 6.45) is 5.31. The Balaban J connectivity index is 1.60. The Kier molecular flexibility index (Phi) is 2.99. The highest BCUT2D eigenvalue weighted by Crippen LogP contribution is 2.33. The lowest BCUT2D eigenvalue weighted by Crippen LogP contribution is -2.50. The van der Waals surface area contributed by atoms with E-state index in [0.717, 1.165) is 32.6 Å². The number of fused-ring (bicyclic) bond motifs is 1. The van der Waals surface area contributed by atoms with Crippen LogP contribution in [0.25, 0.3) is 0 Å². The van der Waals surface area contributed by atoms with Gasteiger partial charge in [0.25, 0.3) is 0 Å². The molecule has 0 aliphatic carbocycles. The third-order valence-corrected chi connectivity index (χ3v) is 4.38. The van der Waals surface area contributed by atoms with Crippen LogP contribution in [-0.4, -0.2) is 54.2 Å². The number of hydrogen-bond acceptors (Lipinski definition) is 2. The predicted octanol–water partition coefficient (Wildman–Crippen LogP) is 1.70. The van der Waals surface area contributed by atoms with Crippen LogP contribution in [0.3, 0.4) is 0 Å². The van der Waals surface area contributed by atoms with Gasteiger partial charge in [0.2, 0.25) is 0 Å². The van der Waals surface area contributed by atoms with Gasteiger partial charge in [0.05, 0.1) is 12.2 Å². The van der Waals surface area contributed by atoms with E-state index >= 15 is 0 Å². The standard InChI is InChI=1S/C13H22N2O2/c1-10-8-11-4-7-15(9-12(11)17-10)13(16)14-5-2-3-6-14/h10-12H,2-9H2,1H3/t10-,11-,12+/m0/s1. The fraction of sp³-hybridized carbons (Fsp3) is 0.923. The molecular formula is C13H22N2O2. The highest BCUT2D eigenvalue weighted by atomic mass is 16.5. The second-order valence-electron chi connectivity index (χ2n) is 5.69. The molecule has 0 radical (unpaired) electrons. The molecule has 3 atom stereocenters. The summed E-state index contributed by atoms with van der Waals surface area (Å²) >= 11 is 0. The van der Waals surface area contributed by atoms with Gasteiger partial charge in [0.1, 0.15) is 0 Å². The van der Waals surface area contributed by atoms with Crippen LogP contribution in [0.4, 0.5) is 4.79 Å². The van der Waals surface area contributed by atoms with Gasteiger partial charge in [-0.15, -0.1) is 0 Å².